The molecule has 0 aliphatic heterocycles. The van der Waals surface area contributed by atoms with Crippen molar-refractivity contribution in [2.24, 2.45) is 23.2 Å². The van der Waals surface area contributed by atoms with Gasteiger partial charge in [0, 0.05) is 20.0 Å². The van der Waals surface area contributed by atoms with Crippen molar-refractivity contribution >= 4 is 17.8 Å². The highest BCUT2D eigenvalue weighted by molar-refractivity contribution is 5.84. The molecule has 168 valence electrons. The van der Waals surface area contributed by atoms with Crippen molar-refractivity contribution in [1.29, 1.82) is 0 Å². The van der Waals surface area contributed by atoms with Crippen LogP contribution in [0.1, 0.15) is 56.1 Å². The van der Waals surface area contributed by atoms with Gasteiger partial charge in [0.05, 0.1) is 0 Å². The van der Waals surface area contributed by atoms with E-state index in [1.54, 1.807) is 11.9 Å². The van der Waals surface area contributed by atoms with Gasteiger partial charge < -0.3 is 15.0 Å². The molecule has 4 bridgehead atoms. The van der Waals surface area contributed by atoms with Gasteiger partial charge in [0.1, 0.15) is 6.54 Å². The van der Waals surface area contributed by atoms with Gasteiger partial charge in [0.25, 0.3) is 5.91 Å². The Balaban J connectivity index is 1.17. The third kappa shape index (κ3) is 5.28. The van der Waals surface area contributed by atoms with Gasteiger partial charge in [-0.05, 0) is 79.7 Å². The van der Waals surface area contributed by atoms with E-state index >= 15 is 0 Å². The van der Waals surface area contributed by atoms with E-state index in [4.69, 9.17) is 4.74 Å². The number of hydrogen-bond acceptors (Lipinski definition) is 4. The summed E-state index contributed by atoms with van der Waals surface area (Å²) in [6, 6.07) is 7.87. The molecule has 4 saturated carbocycles. The maximum Gasteiger partial charge on any atom is 0.325 e. The summed E-state index contributed by atoms with van der Waals surface area (Å²) in [4.78, 5) is 38.4. The van der Waals surface area contributed by atoms with E-state index in [0.29, 0.717) is 13.0 Å². The lowest BCUT2D eigenvalue weighted by Gasteiger charge is -2.56. The number of benzene rings is 1. The quantitative estimate of drug-likeness (QED) is 0.648. The van der Waals surface area contributed by atoms with Crippen molar-refractivity contribution in [3.05, 3.63) is 35.4 Å². The molecule has 31 heavy (non-hydrogen) atoms. The van der Waals surface area contributed by atoms with Gasteiger partial charge in [0.2, 0.25) is 5.91 Å². The van der Waals surface area contributed by atoms with Gasteiger partial charge in [0.15, 0.2) is 6.61 Å². The molecule has 4 fully saturated rings. The number of hydrogen-bond donors (Lipinski definition) is 1. The molecule has 2 amide bonds. The Morgan fingerprint density at radius 2 is 1.68 bits per heavy atom. The smallest absolute Gasteiger partial charge is 0.325 e. The minimum atomic E-state index is -0.573. The van der Waals surface area contributed by atoms with E-state index in [-0.39, 0.29) is 30.4 Å². The number of carbonyl (C=O) groups is 3. The fourth-order valence-electron chi connectivity index (χ4n) is 6.51. The summed E-state index contributed by atoms with van der Waals surface area (Å²) >= 11 is 0. The topological polar surface area (TPSA) is 75.7 Å². The van der Waals surface area contributed by atoms with Crippen LogP contribution in [0, 0.1) is 30.1 Å². The second-order valence-corrected chi connectivity index (χ2v) is 10.2. The number of nitrogens with zero attached hydrogens (tertiary/aromatic N) is 1. The number of amides is 2. The number of likely N-dealkylation sites (N-methyl/N-ethyl adjacent to an activating group) is 1. The lowest BCUT2D eigenvalue weighted by molar-refractivity contribution is -0.151. The minimum Gasteiger partial charge on any atom is -0.454 e. The molecule has 5 rings (SSSR count). The van der Waals surface area contributed by atoms with Crippen LogP contribution < -0.4 is 5.32 Å². The first-order valence-corrected chi connectivity index (χ1v) is 11.5. The zero-order valence-corrected chi connectivity index (χ0v) is 18.7. The SMILES string of the molecule is Cc1ccccc1CN(C)C(=O)COC(=O)CNC(=O)CC12CC3CC(CC(C3)C1)C2. The van der Waals surface area contributed by atoms with Crippen LogP contribution in [0.4, 0.5) is 0 Å². The Morgan fingerprint density at radius 1 is 1.06 bits per heavy atom. The molecule has 0 heterocycles. The molecule has 1 N–H and O–H groups in total. The van der Waals surface area contributed by atoms with Crippen LogP contribution in [-0.2, 0) is 25.7 Å². The molecule has 0 atom stereocenters. The molecule has 0 aromatic heterocycles. The van der Waals surface area contributed by atoms with Crippen molar-refractivity contribution in [3.8, 4) is 0 Å². The van der Waals surface area contributed by atoms with Crippen molar-refractivity contribution < 1.29 is 19.1 Å². The zero-order valence-electron chi connectivity index (χ0n) is 18.7. The molecule has 0 saturated heterocycles. The van der Waals surface area contributed by atoms with Crippen LogP contribution in [0.5, 0.6) is 0 Å². The second-order valence-electron chi connectivity index (χ2n) is 10.2. The Bertz CT molecular complexity index is 814. The first kappa shape index (κ1) is 21.8. The third-order valence-electron chi connectivity index (χ3n) is 7.58. The lowest BCUT2D eigenvalue weighted by atomic mass is 9.49. The number of carbonyl (C=O) groups excluding carboxylic acids is 3. The van der Waals surface area contributed by atoms with E-state index in [9.17, 15) is 14.4 Å². The number of ether oxygens (including phenoxy) is 1. The average molecular weight is 427 g/mol. The maximum absolute atomic E-state index is 12.5. The van der Waals surface area contributed by atoms with Crippen LogP contribution in [0.15, 0.2) is 24.3 Å². The first-order chi connectivity index (χ1) is 14.8. The molecular weight excluding hydrogens is 392 g/mol. The molecule has 0 radical (unpaired) electrons. The molecule has 6 nitrogen and oxygen atoms in total. The van der Waals surface area contributed by atoms with Crippen LogP contribution in [0.2, 0.25) is 0 Å². The molecule has 4 aliphatic rings. The van der Waals surface area contributed by atoms with E-state index in [2.05, 4.69) is 5.32 Å². The molecule has 1 aromatic rings. The molecule has 6 heteroatoms. The summed E-state index contributed by atoms with van der Waals surface area (Å²) in [6.07, 6.45) is 8.05. The zero-order chi connectivity index (χ0) is 22.0. The normalized spacial score (nSPS) is 28.3. The maximum atomic E-state index is 12.5. The average Bonchev–Trinajstić information content (AvgIpc) is 2.70. The predicted octanol–water partition coefficient (Wildman–Crippen LogP) is 3.22. The highest BCUT2D eigenvalue weighted by atomic mass is 16.5. The van der Waals surface area contributed by atoms with Crippen molar-refractivity contribution in [3.63, 3.8) is 0 Å². The summed E-state index contributed by atoms with van der Waals surface area (Å²) in [5, 5.41) is 2.72. The third-order valence-corrected chi connectivity index (χ3v) is 7.58. The predicted molar refractivity (Wildman–Crippen MR) is 117 cm³/mol. The van der Waals surface area contributed by atoms with E-state index in [1.165, 1.54) is 38.5 Å². The Kier molecular flexibility index (Phi) is 6.35. The van der Waals surface area contributed by atoms with Crippen LogP contribution >= 0.6 is 0 Å². The fourth-order valence-corrected chi connectivity index (χ4v) is 6.51. The summed E-state index contributed by atoms with van der Waals surface area (Å²) < 4.78 is 5.09. The van der Waals surface area contributed by atoms with Crippen LogP contribution in [0.3, 0.4) is 0 Å². The van der Waals surface area contributed by atoms with Gasteiger partial charge in [-0.3, -0.25) is 14.4 Å². The Hall–Kier alpha value is -2.37. The second kappa shape index (κ2) is 9.01. The number of aryl methyl sites for hydroxylation is 1. The highest BCUT2D eigenvalue weighted by Gasteiger charge is 2.51. The Labute approximate surface area is 184 Å². The van der Waals surface area contributed by atoms with Gasteiger partial charge in [-0.2, -0.15) is 0 Å². The van der Waals surface area contributed by atoms with Crippen molar-refractivity contribution in [2.75, 3.05) is 20.2 Å². The number of rotatable bonds is 8. The van der Waals surface area contributed by atoms with Gasteiger partial charge >= 0.3 is 5.97 Å². The minimum absolute atomic E-state index is 0.0677. The lowest BCUT2D eigenvalue weighted by Crippen LogP contribution is -2.48. The molecule has 0 unspecified atom stereocenters. The van der Waals surface area contributed by atoms with Gasteiger partial charge in [-0.1, -0.05) is 24.3 Å². The summed E-state index contributed by atoms with van der Waals surface area (Å²) in [6.45, 7) is 1.97. The van der Waals surface area contributed by atoms with Crippen LogP contribution in [0.25, 0.3) is 0 Å². The van der Waals surface area contributed by atoms with Gasteiger partial charge in [-0.25, -0.2) is 0 Å². The molecule has 1 aromatic carbocycles. The van der Waals surface area contributed by atoms with E-state index < -0.39 is 5.97 Å². The van der Waals surface area contributed by atoms with E-state index in [0.717, 1.165) is 28.9 Å². The summed E-state index contributed by atoms with van der Waals surface area (Å²) in [5.74, 6) is 1.49. The number of esters is 1. The first-order valence-electron chi connectivity index (χ1n) is 11.5. The summed E-state index contributed by atoms with van der Waals surface area (Å²) in [5.41, 5.74) is 2.32. The van der Waals surface area contributed by atoms with Crippen molar-refractivity contribution in [1.82, 2.24) is 10.2 Å². The summed E-state index contributed by atoms with van der Waals surface area (Å²) in [7, 11) is 1.69. The van der Waals surface area contributed by atoms with E-state index in [1.807, 2.05) is 31.2 Å². The van der Waals surface area contributed by atoms with Crippen molar-refractivity contribution in [2.45, 2.75) is 58.4 Å². The largest absolute Gasteiger partial charge is 0.454 e. The fraction of sp³-hybridized carbons (Fsp3) is 0.640. The molecule has 0 spiro atoms. The monoisotopic (exact) mass is 426 g/mol. The molecule has 4 aliphatic carbocycles. The Morgan fingerprint density at radius 3 is 2.29 bits per heavy atom. The standard InChI is InChI=1S/C25H34N2O4/c1-17-5-3-4-6-21(17)15-27(2)23(29)16-31-24(30)14-26-22(28)13-25-10-18-7-19(11-25)9-20(8-18)12-25/h3-6,18-20H,7-16H2,1-2H3,(H,26,28). The number of nitrogens with one attached hydrogen (secondary N) is 1. The molecular formula is C25H34N2O4. The van der Waals surface area contributed by atoms with Crippen LogP contribution in [-0.4, -0.2) is 42.9 Å². The van der Waals surface area contributed by atoms with Gasteiger partial charge in [-0.15, -0.1) is 0 Å². The highest BCUT2D eigenvalue weighted by Crippen LogP contribution is 2.61.